The van der Waals surface area contributed by atoms with Crippen LogP contribution in [-0.4, -0.2) is 23.5 Å². The molecule has 0 bridgehead atoms. The van der Waals surface area contributed by atoms with Crippen molar-refractivity contribution in [2.24, 2.45) is 0 Å². The smallest absolute Gasteiger partial charge is 0.00986 e. The Kier molecular flexibility index (Phi) is 3.86. The zero-order valence-corrected chi connectivity index (χ0v) is 9.67. The summed E-state index contributed by atoms with van der Waals surface area (Å²) >= 11 is 0. The second-order valence-corrected chi connectivity index (χ2v) is 5.11. The first kappa shape index (κ1) is 10.5. The Balaban J connectivity index is 1.78. The Morgan fingerprint density at radius 2 is 1.93 bits per heavy atom. The van der Waals surface area contributed by atoms with Crippen molar-refractivity contribution in [1.29, 1.82) is 0 Å². The fraction of sp³-hybridized carbons (Fsp3) is 1.00. The zero-order chi connectivity index (χ0) is 9.80. The Morgan fingerprint density at radius 1 is 1.07 bits per heavy atom. The summed E-state index contributed by atoms with van der Waals surface area (Å²) in [7, 11) is 0. The predicted octanol–water partition coefficient (Wildman–Crippen LogP) is 3.58. The van der Waals surface area contributed by atoms with Crippen LogP contribution in [0.5, 0.6) is 0 Å². The van der Waals surface area contributed by atoms with Gasteiger partial charge >= 0.3 is 0 Å². The number of hydrogen-bond donors (Lipinski definition) is 0. The molecule has 0 aromatic rings. The van der Waals surface area contributed by atoms with E-state index in [1.165, 1.54) is 64.3 Å². The van der Waals surface area contributed by atoms with Crippen LogP contribution in [0.15, 0.2) is 0 Å². The summed E-state index contributed by atoms with van der Waals surface area (Å²) in [4.78, 5) is 2.83. The number of hydrogen-bond acceptors (Lipinski definition) is 1. The van der Waals surface area contributed by atoms with Crippen molar-refractivity contribution in [2.75, 3.05) is 6.54 Å². The highest BCUT2D eigenvalue weighted by Gasteiger charge is 2.32. The van der Waals surface area contributed by atoms with Gasteiger partial charge in [-0.2, -0.15) is 0 Å². The van der Waals surface area contributed by atoms with Gasteiger partial charge in [-0.25, -0.2) is 0 Å². The summed E-state index contributed by atoms with van der Waals surface area (Å²) in [5.41, 5.74) is 0. The molecule has 2 fully saturated rings. The Labute approximate surface area is 88.9 Å². The maximum absolute atomic E-state index is 2.83. The van der Waals surface area contributed by atoms with Gasteiger partial charge in [0.1, 0.15) is 0 Å². The molecule has 0 saturated carbocycles. The van der Waals surface area contributed by atoms with E-state index in [4.69, 9.17) is 0 Å². The molecule has 0 amide bonds. The van der Waals surface area contributed by atoms with Gasteiger partial charge in [0.05, 0.1) is 0 Å². The molecule has 0 aliphatic carbocycles. The Morgan fingerprint density at radius 3 is 2.79 bits per heavy atom. The molecule has 0 N–H and O–H groups in total. The summed E-state index contributed by atoms with van der Waals surface area (Å²) in [5, 5.41) is 0. The molecule has 0 spiro atoms. The molecule has 0 aromatic carbocycles. The van der Waals surface area contributed by atoms with E-state index < -0.39 is 0 Å². The lowest BCUT2D eigenvalue weighted by Gasteiger charge is -2.37. The third-order valence-electron chi connectivity index (χ3n) is 4.11. The van der Waals surface area contributed by atoms with Crippen molar-refractivity contribution in [3.63, 3.8) is 0 Å². The predicted molar refractivity (Wildman–Crippen MR) is 61.5 cm³/mol. The van der Waals surface area contributed by atoms with Crippen molar-refractivity contribution in [2.45, 2.75) is 76.8 Å². The lowest BCUT2D eigenvalue weighted by molar-refractivity contribution is 0.114. The maximum Gasteiger partial charge on any atom is 0.00986 e. The summed E-state index contributed by atoms with van der Waals surface area (Å²) in [6.07, 6.45) is 13.2. The molecule has 14 heavy (non-hydrogen) atoms. The van der Waals surface area contributed by atoms with E-state index in [2.05, 4.69) is 11.8 Å². The van der Waals surface area contributed by atoms with Crippen LogP contribution in [-0.2, 0) is 0 Å². The van der Waals surface area contributed by atoms with Crippen LogP contribution in [0, 0.1) is 0 Å². The van der Waals surface area contributed by atoms with Crippen LogP contribution >= 0.6 is 0 Å². The van der Waals surface area contributed by atoms with E-state index in [0.717, 1.165) is 12.1 Å². The molecule has 2 saturated heterocycles. The fourth-order valence-corrected chi connectivity index (χ4v) is 3.34. The topological polar surface area (TPSA) is 3.24 Å². The van der Waals surface area contributed by atoms with Gasteiger partial charge in [0.2, 0.25) is 0 Å². The van der Waals surface area contributed by atoms with Gasteiger partial charge in [-0.3, -0.25) is 4.90 Å². The van der Waals surface area contributed by atoms with Gasteiger partial charge in [0.25, 0.3) is 0 Å². The minimum Gasteiger partial charge on any atom is -0.297 e. The van der Waals surface area contributed by atoms with Crippen LogP contribution in [0.1, 0.15) is 64.7 Å². The summed E-state index contributed by atoms with van der Waals surface area (Å²) in [5.74, 6) is 0. The molecule has 2 rings (SSSR count). The van der Waals surface area contributed by atoms with Gasteiger partial charge in [-0.05, 0) is 38.6 Å². The highest BCUT2D eigenvalue weighted by molar-refractivity contribution is 4.88. The van der Waals surface area contributed by atoms with Crippen molar-refractivity contribution in [3.05, 3.63) is 0 Å². The number of fused-ring (bicyclic) bond motifs is 1. The molecule has 0 aromatic heterocycles. The molecular formula is C13H25N. The van der Waals surface area contributed by atoms with Gasteiger partial charge in [-0.1, -0.05) is 32.6 Å². The van der Waals surface area contributed by atoms with Gasteiger partial charge in [0, 0.05) is 12.1 Å². The first-order valence-electron chi connectivity index (χ1n) is 6.67. The quantitative estimate of drug-likeness (QED) is 0.620. The largest absolute Gasteiger partial charge is 0.297 e. The molecule has 82 valence electrons. The monoisotopic (exact) mass is 195 g/mol. The molecule has 2 unspecified atom stereocenters. The highest BCUT2D eigenvalue weighted by atomic mass is 15.2. The van der Waals surface area contributed by atoms with Crippen molar-refractivity contribution >= 4 is 0 Å². The van der Waals surface area contributed by atoms with E-state index in [0.29, 0.717) is 0 Å². The van der Waals surface area contributed by atoms with Crippen molar-refractivity contribution in [1.82, 2.24) is 4.90 Å². The molecule has 2 atom stereocenters. The average molecular weight is 195 g/mol. The number of piperidine rings is 1. The van der Waals surface area contributed by atoms with E-state index in [-0.39, 0.29) is 0 Å². The molecule has 0 radical (unpaired) electrons. The first-order valence-corrected chi connectivity index (χ1v) is 6.67. The molecule has 2 heterocycles. The van der Waals surface area contributed by atoms with E-state index >= 15 is 0 Å². The van der Waals surface area contributed by atoms with E-state index in [9.17, 15) is 0 Å². The van der Waals surface area contributed by atoms with Gasteiger partial charge in [-0.15, -0.1) is 0 Å². The highest BCUT2D eigenvalue weighted by Crippen LogP contribution is 2.32. The fourth-order valence-electron chi connectivity index (χ4n) is 3.34. The van der Waals surface area contributed by atoms with Gasteiger partial charge in [0.15, 0.2) is 0 Å². The summed E-state index contributed by atoms with van der Waals surface area (Å²) in [6.45, 7) is 3.71. The minimum atomic E-state index is 0.961. The van der Waals surface area contributed by atoms with Crippen LogP contribution in [0.4, 0.5) is 0 Å². The first-order chi connectivity index (χ1) is 6.92. The lowest BCUT2D eigenvalue weighted by Crippen LogP contribution is -2.42. The lowest BCUT2D eigenvalue weighted by atomic mass is 9.93. The second-order valence-electron chi connectivity index (χ2n) is 5.11. The minimum absolute atomic E-state index is 0.961. The molecule has 2 aliphatic heterocycles. The van der Waals surface area contributed by atoms with Crippen LogP contribution in [0.25, 0.3) is 0 Å². The maximum atomic E-state index is 2.83. The average Bonchev–Trinajstić information content (AvgIpc) is 2.67. The van der Waals surface area contributed by atoms with Crippen molar-refractivity contribution < 1.29 is 0 Å². The van der Waals surface area contributed by atoms with E-state index in [1.807, 2.05) is 0 Å². The van der Waals surface area contributed by atoms with Crippen molar-refractivity contribution in [3.8, 4) is 0 Å². The third-order valence-corrected chi connectivity index (χ3v) is 4.11. The second kappa shape index (κ2) is 5.16. The normalized spacial score (nSPS) is 33.2. The molecule has 1 heteroatoms. The molecule has 2 aliphatic rings. The van der Waals surface area contributed by atoms with Crippen LogP contribution in [0.2, 0.25) is 0 Å². The Hall–Kier alpha value is -0.0400. The van der Waals surface area contributed by atoms with Crippen LogP contribution in [0.3, 0.4) is 0 Å². The molecular weight excluding hydrogens is 170 g/mol. The number of nitrogens with zero attached hydrogens (tertiary/aromatic N) is 1. The van der Waals surface area contributed by atoms with Crippen LogP contribution < -0.4 is 0 Å². The SMILES string of the molecule is CCCCCC1CCCC2CCCN12. The number of rotatable bonds is 4. The number of unbranched alkanes of at least 4 members (excludes halogenated alkanes) is 2. The van der Waals surface area contributed by atoms with Gasteiger partial charge < -0.3 is 0 Å². The Bertz CT molecular complexity index is 167. The molecule has 1 nitrogen and oxygen atoms in total. The third kappa shape index (κ3) is 2.31. The zero-order valence-electron chi connectivity index (χ0n) is 9.67. The van der Waals surface area contributed by atoms with E-state index in [1.54, 1.807) is 0 Å². The summed E-state index contributed by atoms with van der Waals surface area (Å²) in [6, 6.07) is 1.94. The standard InChI is InChI=1S/C13H25N/c1-2-3-4-7-12-8-5-9-13-10-6-11-14(12)13/h12-13H,2-11H2,1H3. The summed E-state index contributed by atoms with van der Waals surface area (Å²) < 4.78 is 0.